The smallest absolute Gasteiger partial charge is 0.312 e. The SMILES string of the molecule is CC(C)[C@H](NC(N)=O)C(=O)NCCOc1ccc(Cl)cc1. The number of nitrogens with two attached hydrogens (primary N) is 1. The van der Waals surface area contributed by atoms with Crippen LogP contribution in [0.4, 0.5) is 4.79 Å². The van der Waals surface area contributed by atoms with Crippen LogP contribution in [0, 0.1) is 5.92 Å². The number of carbonyl (C=O) groups is 2. The topological polar surface area (TPSA) is 93.5 Å². The zero-order valence-corrected chi connectivity index (χ0v) is 12.8. The third-order valence-corrected chi connectivity index (χ3v) is 2.98. The van der Waals surface area contributed by atoms with Gasteiger partial charge < -0.3 is 21.1 Å². The molecule has 0 saturated carbocycles. The van der Waals surface area contributed by atoms with Gasteiger partial charge in [-0.05, 0) is 30.2 Å². The number of benzene rings is 1. The Kier molecular flexibility index (Phi) is 6.81. The van der Waals surface area contributed by atoms with Crippen LogP contribution in [0.25, 0.3) is 0 Å². The predicted molar refractivity (Wildman–Crippen MR) is 81.3 cm³/mol. The number of urea groups is 1. The van der Waals surface area contributed by atoms with E-state index < -0.39 is 12.1 Å². The average molecular weight is 314 g/mol. The highest BCUT2D eigenvalue weighted by molar-refractivity contribution is 6.30. The minimum atomic E-state index is -0.721. The third-order valence-electron chi connectivity index (χ3n) is 2.73. The maximum Gasteiger partial charge on any atom is 0.312 e. The van der Waals surface area contributed by atoms with Crippen LogP contribution < -0.4 is 21.1 Å². The van der Waals surface area contributed by atoms with Crippen molar-refractivity contribution < 1.29 is 14.3 Å². The molecule has 0 aromatic heterocycles. The summed E-state index contributed by atoms with van der Waals surface area (Å²) in [4.78, 5) is 22.8. The van der Waals surface area contributed by atoms with Crippen LogP contribution in [0.3, 0.4) is 0 Å². The van der Waals surface area contributed by atoms with E-state index in [1.165, 1.54) is 0 Å². The van der Waals surface area contributed by atoms with Gasteiger partial charge in [-0.15, -0.1) is 0 Å². The summed E-state index contributed by atoms with van der Waals surface area (Å²) >= 11 is 5.76. The van der Waals surface area contributed by atoms with Gasteiger partial charge >= 0.3 is 6.03 Å². The fourth-order valence-corrected chi connectivity index (χ4v) is 1.80. The maximum atomic E-state index is 11.9. The van der Waals surface area contributed by atoms with Gasteiger partial charge in [-0.1, -0.05) is 25.4 Å². The van der Waals surface area contributed by atoms with Crippen molar-refractivity contribution in [3.8, 4) is 5.75 Å². The molecule has 1 aromatic carbocycles. The van der Waals surface area contributed by atoms with Crippen molar-refractivity contribution >= 4 is 23.5 Å². The van der Waals surface area contributed by atoms with E-state index in [0.29, 0.717) is 23.9 Å². The fourth-order valence-electron chi connectivity index (χ4n) is 1.67. The molecule has 0 saturated heterocycles. The Balaban J connectivity index is 2.34. The number of hydrogen-bond donors (Lipinski definition) is 3. The summed E-state index contributed by atoms with van der Waals surface area (Å²) in [5.41, 5.74) is 5.05. The summed E-state index contributed by atoms with van der Waals surface area (Å²) in [6.45, 7) is 4.29. The number of halogens is 1. The first kappa shape index (κ1) is 17.1. The van der Waals surface area contributed by atoms with Gasteiger partial charge in [-0.3, -0.25) is 4.79 Å². The van der Waals surface area contributed by atoms with Gasteiger partial charge in [0.05, 0.1) is 6.54 Å². The molecule has 0 aliphatic carbocycles. The standard InChI is InChI=1S/C14H20ClN3O3/c1-9(2)12(18-14(16)20)13(19)17-7-8-21-11-5-3-10(15)4-6-11/h3-6,9,12H,7-8H2,1-2H3,(H,17,19)(H3,16,18,20)/t12-/m0/s1. The second-order valence-corrected chi connectivity index (χ2v) is 5.26. The molecule has 0 heterocycles. The summed E-state index contributed by atoms with van der Waals surface area (Å²) in [5, 5.41) is 5.74. The van der Waals surface area contributed by atoms with E-state index in [1.54, 1.807) is 24.3 Å². The van der Waals surface area contributed by atoms with Gasteiger partial charge in [0.15, 0.2) is 0 Å². The average Bonchev–Trinajstić information content (AvgIpc) is 2.42. The predicted octanol–water partition coefficient (Wildman–Crippen LogP) is 1.53. The Bertz CT molecular complexity index is 477. The molecule has 1 aromatic rings. The van der Waals surface area contributed by atoms with Gasteiger partial charge in [0.1, 0.15) is 18.4 Å². The first-order valence-corrected chi connectivity index (χ1v) is 7.00. The fraction of sp³-hybridized carbons (Fsp3) is 0.429. The summed E-state index contributed by atoms with van der Waals surface area (Å²) in [6.07, 6.45) is 0. The van der Waals surface area contributed by atoms with Crippen LogP contribution in [0.15, 0.2) is 24.3 Å². The lowest BCUT2D eigenvalue weighted by atomic mass is 10.0. The second-order valence-electron chi connectivity index (χ2n) is 4.82. The Morgan fingerprint density at radius 3 is 2.43 bits per heavy atom. The Morgan fingerprint density at radius 2 is 1.90 bits per heavy atom. The Labute approximate surface area is 129 Å². The first-order chi connectivity index (χ1) is 9.90. The highest BCUT2D eigenvalue weighted by Crippen LogP contribution is 2.15. The van der Waals surface area contributed by atoms with E-state index in [-0.39, 0.29) is 11.8 Å². The maximum absolute atomic E-state index is 11.9. The lowest BCUT2D eigenvalue weighted by Gasteiger charge is -2.20. The lowest BCUT2D eigenvalue weighted by Crippen LogP contribution is -2.51. The molecule has 0 radical (unpaired) electrons. The van der Waals surface area contributed by atoms with Crippen molar-refractivity contribution in [2.45, 2.75) is 19.9 Å². The van der Waals surface area contributed by atoms with Crippen LogP contribution in [-0.2, 0) is 4.79 Å². The number of primary amides is 1. The molecular weight excluding hydrogens is 294 g/mol. The highest BCUT2D eigenvalue weighted by atomic mass is 35.5. The van der Waals surface area contributed by atoms with Crippen molar-refractivity contribution in [3.63, 3.8) is 0 Å². The summed E-state index contributed by atoms with van der Waals surface area (Å²) in [5.74, 6) is 0.322. The molecule has 1 rings (SSSR count). The highest BCUT2D eigenvalue weighted by Gasteiger charge is 2.22. The van der Waals surface area contributed by atoms with Gasteiger partial charge in [0.2, 0.25) is 5.91 Å². The quantitative estimate of drug-likeness (QED) is 0.666. The second kappa shape index (κ2) is 8.36. The van der Waals surface area contributed by atoms with Crippen molar-refractivity contribution in [1.29, 1.82) is 0 Å². The first-order valence-electron chi connectivity index (χ1n) is 6.62. The summed E-state index contributed by atoms with van der Waals surface area (Å²) in [6, 6.07) is 5.56. The molecule has 116 valence electrons. The largest absolute Gasteiger partial charge is 0.492 e. The molecule has 6 nitrogen and oxygen atoms in total. The molecule has 0 aliphatic heterocycles. The molecule has 0 spiro atoms. The van der Waals surface area contributed by atoms with Gasteiger partial charge in [-0.25, -0.2) is 4.79 Å². The van der Waals surface area contributed by atoms with Crippen LogP contribution in [0.2, 0.25) is 5.02 Å². The molecule has 7 heteroatoms. The van der Waals surface area contributed by atoms with Crippen LogP contribution >= 0.6 is 11.6 Å². The zero-order chi connectivity index (χ0) is 15.8. The molecule has 0 aliphatic rings. The van der Waals surface area contributed by atoms with E-state index in [4.69, 9.17) is 22.1 Å². The monoisotopic (exact) mass is 313 g/mol. The number of rotatable bonds is 7. The minimum Gasteiger partial charge on any atom is -0.492 e. The van der Waals surface area contributed by atoms with Crippen LogP contribution in [0.5, 0.6) is 5.75 Å². The lowest BCUT2D eigenvalue weighted by molar-refractivity contribution is -0.123. The normalized spacial score (nSPS) is 11.8. The molecule has 4 N–H and O–H groups in total. The van der Waals surface area contributed by atoms with Crippen LogP contribution in [0.1, 0.15) is 13.8 Å². The number of nitrogens with one attached hydrogen (secondary N) is 2. The zero-order valence-electron chi connectivity index (χ0n) is 12.1. The van der Waals surface area contributed by atoms with E-state index >= 15 is 0 Å². The van der Waals surface area contributed by atoms with Crippen molar-refractivity contribution in [2.24, 2.45) is 11.7 Å². The third kappa shape index (κ3) is 6.35. The van der Waals surface area contributed by atoms with Gasteiger partial charge in [0, 0.05) is 5.02 Å². The Hall–Kier alpha value is -1.95. The van der Waals surface area contributed by atoms with Gasteiger partial charge in [-0.2, -0.15) is 0 Å². The Morgan fingerprint density at radius 1 is 1.29 bits per heavy atom. The molecule has 1 atom stereocenters. The van der Waals surface area contributed by atoms with Gasteiger partial charge in [0.25, 0.3) is 0 Å². The summed E-state index contributed by atoms with van der Waals surface area (Å²) in [7, 11) is 0. The molecule has 0 bridgehead atoms. The molecule has 0 fully saturated rings. The van der Waals surface area contributed by atoms with E-state index in [1.807, 2.05) is 13.8 Å². The number of carbonyl (C=O) groups excluding carboxylic acids is 2. The molecule has 21 heavy (non-hydrogen) atoms. The van der Waals surface area contributed by atoms with Crippen LogP contribution in [-0.4, -0.2) is 31.1 Å². The summed E-state index contributed by atoms with van der Waals surface area (Å²) < 4.78 is 5.45. The van der Waals surface area contributed by atoms with E-state index in [0.717, 1.165) is 0 Å². The molecule has 3 amide bonds. The molecular formula is C14H20ClN3O3. The molecule has 0 unspecified atom stereocenters. The number of amides is 3. The number of hydrogen-bond acceptors (Lipinski definition) is 3. The van der Waals surface area contributed by atoms with E-state index in [2.05, 4.69) is 10.6 Å². The van der Waals surface area contributed by atoms with Crippen molar-refractivity contribution in [2.75, 3.05) is 13.2 Å². The van der Waals surface area contributed by atoms with E-state index in [9.17, 15) is 9.59 Å². The number of ether oxygens (including phenoxy) is 1. The van der Waals surface area contributed by atoms with Crippen molar-refractivity contribution in [1.82, 2.24) is 10.6 Å². The minimum absolute atomic E-state index is 0.0605. The van der Waals surface area contributed by atoms with Crippen molar-refractivity contribution in [3.05, 3.63) is 29.3 Å².